The van der Waals surface area contributed by atoms with Crippen LogP contribution >= 0.6 is 7.60 Å². The second kappa shape index (κ2) is 8.76. The van der Waals surface area contributed by atoms with E-state index in [9.17, 15) is 18.9 Å². The van der Waals surface area contributed by atoms with E-state index in [1.807, 2.05) is 0 Å². The van der Waals surface area contributed by atoms with E-state index in [-0.39, 0.29) is 13.0 Å². The molecule has 5 N–H and O–H groups in total. The predicted molar refractivity (Wildman–Crippen MR) is 84.7 cm³/mol. The quantitative estimate of drug-likeness (QED) is 0.194. The highest BCUT2D eigenvalue weighted by Gasteiger charge is 2.35. The molecule has 0 aliphatic carbocycles. The number of carboxylic acid groups (broad SMARTS) is 1. The summed E-state index contributed by atoms with van der Waals surface area (Å²) in [5, 5.41) is 20.2. The minimum atomic E-state index is -4.82. The monoisotopic (exact) mass is 393 g/mol. The summed E-state index contributed by atoms with van der Waals surface area (Å²) in [6, 6.07) is -0.542. The molecule has 0 unspecified atom stereocenters. The fourth-order valence-electron chi connectivity index (χ4n) is 2.04. The molecular weight excluding hydrogens is 377 g/mol. The van der Waals surface area contributed by atoms with Crippen LogP contribution in [0.1, 0.15) is 18.2 Å². The van der Waals surface area contributed by atoms with Crippen molar-refractivity contribution in [3.63, 3.8) is 0 Å². The highest BCUT2D eigenvalue weighted by Crippen LogP contribution is 2.34. The zero-order chi connectivity index (χ0) is 20.1. The van der Waals surface area contributed by atoms with Gasteiger partial charge < -0.3 is 24.7 Å². The largest absolute Gasteiger partial charge is 0.472 e. The third-order valence-electron chi connectivity index (χ3n) is 3.29. The molecule has 26 heavy (non-hydrogen) atoms. The summed E-state index contributed by atoms with van der Waals surface area (Å²) in [4.78, 5) is 52.3. The van der Waals surface area contributed by atoms with Crippen LogP contribution in [0.5, 0.6) is 0 Å². The standard InChI is InChI=1S/C10H13N5O4.CH3O5P/c1-5-3-15(10(18)12-9(5)17)8-2-6(13-14-11)7(4-16)19-8;2-1(3)7(4,5)6/h3,6-8,16H,2,4H2,1H3,(H,12,17,18);(H,2,3)(H2,4,5,6)/t6-,7+,8+;/m0./s1. The maximum Gasteiger partial charge on any atom is 0.433 e. The van der Waals surface area contributed by atoms with E-state index in [1.54, 1.807) is 6.92 Å². The Morgan fingerprint density at radius 3 is 2.58 bits per heavy atom. The van der Waals surface area contributed by atoms with Crippen molar-refractivity contribution in [1.82, 2.24) is 9.55 Å². The summed E-state index contributed by atoms with van der Waals surface area (Å²) >= 11 is 0. The Balaban J connectivity index is 0.000000412. The number of azide groups is 1. The zero-order valence-corrected chi connectivity index (χ0v) is 14.2. The number of ether oxygens (including phenoxy) is 1. The summed E-state index contributed by atoms with van der Waals surface area (Å²) in [6.45, 7) is 1.26. The molecule has 1 aromatic rings. The molecule has 0 spiro atoms. The number of aliphatic hydroxyl groups is 1. The van der Waals surface area contributed by atoms with E-state index in [0.29, 0.717) is 5.56 Å². The van der Waals surface area contributed by atoms with Gasteiger partial charge in [-0.05, 0) is 12.5 Å². The van der Waals surface area contributed by atoms with E-state index < -0.39 is 42.9 Å². The molecule has 1 fully saturated rings. The van der Waals surface area contributed by atoms with Crippen LogP contribution in [0.4, 0.5) is 4.79 Å². The fourth-order valence-corrected chi connectivity index (χ4v) is 2.04. The van der Waals surface area contributed by atoms with Gasteiger partial charge >= 0.3 is 19.0 Å². The van der Waals surface area contributed by atoms with Crippen LogP contribution in [0.15, 0.2) is 20.9 Å². The maximum absolute atomic E-state index is 11.7. The number of aryl methyl sites for hydroxylation is 1. The first-order chi connectivity index (χ1) is 12.0. The number of aliphatic hydroxyl groups excluding tert-OH is 1. The summed E-state index contributed by atoms with van der Waals surface area (Å²) in [6.07, 6.45) is 0.329. The number of carbonyl (C=O) groups is 1. The van der Waals surface area contributed by atoms with Crippen molar-refractivity contribution >= 4 is 13.3 Å². The molecule has 0 aromatic carbocycles. The van der Waals surface area contributed by atoms with Gasteiger partial charge in [-0.15, -0.1) is 0 Å². The molecule has 2 rings (SSSR count). The SMILES string of the molecule is Cc1cn([C@H]2C[C@H](N=[N+]=[N-])[C@@H](CO)O2)c(=O)[nH]c1=O.O=C(O)P(=O)(O)O. The van der Waals surface area contributed by atoms with Gasteiger partial charge in [0, 0.05) is 23.1 Å². The number of hydrogen-bond acceptors (Lipinski definition) is 7. The Kier molecular flexibility index (Phi) is 7.27. The first kappa shape index (κ1) is 21.6. The minimum absolute atomic E-state index is 0.265. The summed E-state index contributed by atoms with van der Waals surface area (Å²) < 4.78 is 16.1. The molecule has 0 bridgehead atoms. The topological polar surface area (TPSA) is 228 Å². The normalized spacial score (nSPS) is 22.1. The predicted octanol–water partition coefficient (Wildman–Crippen LogP) is -0.354. The molecule has 14 nitrogen and oxygen atoms in total. The Morgan fingerprint density at radius 1 is 1.54 bits per heavy atom. The van der Waals surface area contributed by atoms with Crippen LogP contribution in [0, 0.1) is 6.92 Å². The van der Waals surface area contributed by atoms with Crippen molar-refractivity contribution in [3.05, 3.63) is 43.0 Å². The van der Waals surface area contributed by atoms with Crippen molar-refractivity contribution in [2.75, 3.05) is 6.61 Å². The third-order valence-corrected chi connectivity index (χ3v) is 3.79. The van der Waals surface area contributed by atoms with E-state index in [0.717, 1.165) is 0 Å². The van der Waals surface area contributed by atoms with E-state index >= 15 is 0 Å². The lowest BCUT2D eigenvalue weighted by molar-refractivity contribution is -0.0271. The fraction of sp³-hybridized carbons (Fsp3) is 0.545. The van der Waals surface area contributed by atoms with Crippen molar-refractivity contribution in [2.24, 2.45) is 5.11 Å². The Morgan fingerprint density at radius 2 is 2.12 bits per heavy atom. The molecule has 0 radical (unpaired) electrons. The lowest BCUT2D eigenvalue weighted by atomic mass is 10.1. The second-order valence-corrected chi connectivity index (χ2v) is 6.60. The molecule has 1 saturated heterocycles. The van der Waals surface area contributed by atoms with Crippen LogP contribution in [0.2, 0.25) is 0 Å². The van der Waals surface area contributed by atoms with E-state index in [2.05, 4.69) is 15.0 Å². The van der Waals surface area contributed by atoms with Crippen LogP contribution in [0.3, 0.4) is 0 Å². The molecule has 144 valence electrons. The van der Waals surface area contributed by atoms with E-state index in [1.165, 1.54) is 10.8 Å². The first-order valence-corrected chi connectivity index (χ1v) is 8.54. The second-order valence-electron chi connectivity index (χ2n) is 5.12. The smallest absolute Gasteiger partial charge is 0.433 e. The summed E-state index contributed by atoms with van der Waals surface area (Å²) in [5.41, 5.74) is 5.67. The number of aromatic nitrogens is 2. The number of aromatic amines is 1. The van der Waals surface area contributed by atoms with Gasteiger partial charge in [0.05, 0.1) is 18.8 Å². The Labute approximate surface area is 144 Å². The number of H-pyrrole nitrogens is 1. The van der Waals surface area contributed by atoms with Crippen molar-refractivity contribution in [2.45, 2.75) is 31.7 Å². The molecule has 2 heterocycles. The van der Waals surface area contributed by atoms with Gasteiger partial charge in [-0.25, -0.2) is 14.2 Å². The number of rotatable bonds is 4. The molecule has 0 saturated carbocycles. The van der Waals surface area contributed by atoms with Gasteiger partial charge in [0.1, 0.15) is 6.23 Å². The van der Waals surface area contributed by atoms with Crippen LogP contribution < -0.4 is 11.2 Å². The van der Waals surface area contributed by atoms with Gasteiger partial charge in [0.2, 0.25) is 0 Å². The molecule has 0 amide bonds. The minimum Gasteiger partial charge on any atom is -0.472 e. The van der Waals surface area contributed by atoms with Gasteiger partial charge in [0.25, 0.3) is 5.56 Å². The number of hydrogen-bond donors (Lipinski definition) is 5. The van der Waals surface area contributed by atoms with Crippen LogP contribution in [-0.2, 0) is 9.30 Å². The Hall–Kier alpha value is -2.47. The third kappa shape index (κ3) is 5.52. The number of nitrogens with zero attached hydrogens (tertiary/aromatic N) is 4. The first-order valence-electron chi connectivity index (χ1n) is 6.92. The average molecular weight is 393 g/mol. The van der Waals surface area contributed by atoms with Crippen molar-refractivity contribution < 1.29 is 34.1 Å². The maximum atomic E-state index is 11.7. The molecule has 1 aliphatic rings. The molecule has 3 atom stereocenters. The van der Waals surface area contributed by atoms with Crippen molar-refractivity contribution in [1.29, 1.82) is 0 Å². The van der Waals surface area contributed by atoms with Gasteiger partial charge in [-0.3, -0.25) is 14.3 Å². The molecule has 1 aromatic heterocycles. The van der Waals surface area contributed by atoms with E-state index in [4.69, 9.17) is 30.3 Å². The van der Waals surface area contributed by atoms with Gasteiger partial charge in [-0.1, -0.05) is 5.11 Å². The van der Waals surface area contributed by atoms with Gasteiger partial charge in [-0.2, -0.15) is 0 Å². The van der Waals surface area contributed by atoms with Crippen LogP contribution in [0.25, 0.3) is 10.4 Å². The van der Waals surface area contributed by atoms with Gasteiger partial charge in [0.15, 0.2) is 0 Å². The lowest BCUT2D eigenvalue weighted by Gasteiger charge is -2.14. The Bertz CT molecular complexity index is 868. The summed E-state index contributed by atoms with van der Waals surface area (Å²) in [7, 11) is -4.82. The molecule has 1 aliphatic heterocycles. The highest BCUT2D eigenvalue weighted by atomic mass is 31.2. The van der Waals surface area contributed by atoms with Crippen molar-refractivity contribution in [3.8, 4) is 0 Å². The molecule has 15 heteroatoms. The highest BCUT2D eigenvalue weighted by molar-refractivity contribution is 7.69. The van der Waals surface area contributed by atoms with Crippen LogP contribution in [-0.4, -0.2) is 54.0 Å². The number of nitrogens with one attached hydrogen (secondary N) is 1. The molecular formula is C11H16N5O9P. The average Bonchev–Trinajstić information content (AvgIpc) is 2.94. The lowest BCUT2D eigenvalue weighted by Crippen LogP contribution is -2.33. The zero-order valence-electron chi connectivity index (χ0n) is 13.3. The summed E-state index contributed by atoms with van der Waals surface area (Å²) in [5.74, 6) is 0.